The highest BCUT2D eigenvalue weighted by atomic mass is 19.1. The summed E-state index contributed by atoms with van der Waals surface area (Å²) in [6.45, 7) is 2.64. The number of Topliss-reactive ketones (excluding diaryl/α,β-unsaturated/α-hetero) is 1. The average molecular weight is 399 g/mol. The number of allylic oxidation sites excluding steroid dienone is 1. The SMILES string of the molecule is CCOCN1C2=C(N(C=O)c3ccccc3F)C(=O)CCN2c2ccc(F)cc21. The molecule has 0 aromatic heterocycles. The highest BCUT2D eigenvalue weighted by Crippen LogP contribution is 2.45. The van der Waals surface area contributed by atoms with Gasteiger partial charge >= 0.3 is 0 Å². The third kappa shape index (κ3) is 3.15. The lowest BCUT2D eigenvalue weighted by Crippen LogP contribution is -2.43. The molecule has 6 nitrogen and oxygen atoms in total. The molecule has 0 spiro atoms. The first-order chi connectivity index (χ1) is 14.1. The van der Waals surface area contributed by atoms with Crippen molar-refractivity contribution in [3.8, 4) is 0 Å². The number of anilines is 3. The van der Waals surface area contributed by atoms with Crippen LogP contribution in [0.3, 0.4) is 0 Å². The zero-order valence-corrected chi connectivity index (χ0v) is 15.8. The van der Waals surface area contributed by atoms with Crippen LogP contribution in [0.4, 0.5) is 25.8 Å². The fraction of sp³-hybridized carbons (Fsp3) is 0.238. The summed E-state index contributed by atoms with van der Waals surface area (Å²) in [6.07, 6.45) is 0.557. The molecular formula is C21H19F2N3O3. The van der Waals surface area contributed by atoms with E-state index in [1.807, 2.05) is 11.8 Å². The first-order valence-electron chi connectivity index (χ1n) is 9.25. The summed E-state index contributed by atoms with van der Waals surface area (Å²) in [5.74, 6) is -0.984. The number of carbonyl (C=O) groups excluding carboxylic acids is 2. The van der Waals surface area contributed by atoms with E-state index in [0.717, 1.165) is 4.90 Å². The summed E-state index contributed by atoms with van der Waals surface area (Å²) in [7, 11) is 0. The number of ketones is 1. The van der Waals surface area contributed by atoms with Gasteiger partial charge in [-0.15, -0.1) is 0 Å². The Bertz CT molecular complexity index is 1010. The van der Waals surface area contributed by atoms with Crippen LogP contribution in [0, 0.1) is 11.6 Å². The Morgan fingerprint density at radius 2 is 1.97 bits per heavy atom. The molecule has 0 atom stereocenters. The minimum Gasteiger partial charge on any atom is -0.361 e. The number of hydrogen-bond donors (Lipinski definition) is 0. The number of amides is 1. The van der Waals surface area contributed by atoms with Gasteiger partial charge in [0.15, 0.2) is 5.78 Å². The highest BCUT2D eigenvalue weighted by molar-refractivity contribution is 6.08. The summed E-state index contributed by atoms with van der Waals surface area (Å²) < 4.78 is 33.9. The summed E-state index contributed by atoms with van der Waals surface area (Å²) in [4.78, 5) is 29.4. The van der Waals surface area contributed by atoms with Crippen LogP contribution in [0.5, 0.6) is 0 Å². The van der Waals surface area contributed by atoms with E-state index >= 15 is 0 Å². The van der Waals surface area contributed by atoms with Gasteiger partial charge in [0.1, 0.15) is 29.9 Å². The minimum absolute atomic E-state index is 0.0290. The lowest BCUT2D eigenvalue weighted by Gasteiger charge is -2.34. The second-order valence-corrected chi connectivity index (χ2v) is 6.61. The maximum atomic E-state index is 14.4. The molecule has 0 unspecified atom stereocenters. The summed E-state index contributed by atoms with van der Waals surface area (Å²) >= 11 is 0. The minimum atomic E-state index is -0.629. The van der Waals surface area contributed by atoms with Gasteiger partial charge in [0.05, 0.1) is 17.1 Å². The van der Waals surface area contributed by atoms with E-state index < -0.39 is 11.6 Å². The number of para-hydroxylation sites is 1. The largest absolute Gasteiger partial charge is 0.361 e. The van der Waals surface area contributed by atoms with Crippen molar-refractivity contribution in [2.45, 2.75) is 13.3 Å². The van der Waals surface area contributed by atoms with Gasteiger partial charge in [-0.3, -0.25) is 19.4 Å². The zero-order chi connectivity index (χ0) is 20.5. The molecule has 0 radical (unpaired) electrons. The van der Waals surface area contributed by atoms with Gasteiger partial charge in [0, 0.05) is 19.6 Å². The van der Waals surface area contributed by atoms with Gasteiger partial charge in [0.25, 0.3) is 0 Å². The van der Waals surface area contributed by atoms with Crippen LogP contribution < -0.4 is 14.7 Å². The number of fused-ring (bicyclic) bond motifs is 3. The predicted octanol–water partition coefficient (Wildman–Crippen LogP) is 3.39. The smallest absolute Gasteiger partial charge is 0.219 e. The molecule has 29 heavy (non-hydrogen) atoms. The van der Waals surface area contributed by atoms with Crippen molar-refractivity contribution in [1.29, 1.82) is 0 Å². The molecule has 2 heterocycles. The first kappa shape index (κ1) is 19.1. The van der Waals surface area contributed by atoms with Crippen molar-refractivity contribution in [2.24, 2.45) is 0 Å². The molecule has 2 aromatic carbocycles. The van der Waals surface area contributed by atoms with Gasteiger partial charge in [-0.05, 0) is 37.3 Å². The van der Waals surface area contributed by atoms with Gasteiger partial charge < -0.3 is 9.64 Å². The lowest BCUT2D eigenvalue weighted by atomic mass is 10.1. The zero-order valence-electron chi connectivity index (χ0n) is 15.8. The number of rotatable bonds is 6. The van der Waals surface area contributed by atoms with Crippen LogP contribution >= 0.6 is 0 Å². The maximum absolute atomic E-state index is 14.4. The van der Waals surface area contributed by atoms with Crippen LogP contribution in [0.2, 0.25) is 0 Å². The van der Waals surface area contributed by atoms with E-state index in [0.29, 0.717) is 36.8 Å². The van der Waals surface area contributed by atoms with E-state index in [1.165, 1.54) is 30.3 Å². The van der Waals surface area contributed by atoms with Crippen LogP contribution in [-0.4, -0.2) is 32.1 Å². The second kappa shape index (κ2) is 7.63. The van der Waals surface area contributed by atoms with Gasteiger partial charge in [-0.2, -0.15) is 0 Å². The molecule has 0 aliphatic carbocycles. The average Bonchev–Trinajstić information content (AvgIpc) is 3.02. The standard InChI is InChI=1S/C21H19F2N3O3/c1-2-29-13-26-18-11-14(22)7-8-17(18)24-10-9-19(28)20(21(24)26)25(12-27)16-6-4-3-5-15(16)23/h3-8,11-12H,2,9-10,13H2,1H3. The molecule has 8 heteroatoms. The Kier molecular flexibility index (Phi) is 5.02. The van der Waals surface area contributed by atoms with E-state index in [-0.39, 0.29) is 30.3 Å². The van der Waals surface area contributed by atoms with Crippen LogP contribution in [0.1, 0.15) is 13.3 Å². The number of ether oxygens (including phenoxy) is 1. The Labute approximate surface area is 166 Å². The normalized spacial score (nSPS) is 15.5. The fourth-order valence-electron chi connectivity index (χ4n) is 3.69. The molecule has 150 valence electrons. The Morgan fingerprint density at radius 3 is 2.69 bits per heavy atom. The van der Waals surface area contributed by atoms with Crippen molar-refractivity contribution in [1.82, 2.24) is 0 Å². The first-order valence-corrected chi connectivity index (χ1v) is 9.25. The van der Waals surface area contributed by atoms with Gasteiger partial charge in [0.2, 0.25) is 6.41 Å². The molecule has 1 amide bonds. The molecule has 0 fully saturated rings. The summed E-state index contributed by atoms with van der Waals surface area (Å²) in [5.41, 5.74) is 1.23. The molecule has 0 bridgehead atoms. The molecule has 0 N–H and O–H groups in total. The molecule has 2 aromatic rings. The van der Waals surface area contributed by atoms with E-state index in [1.54, 1.807) is 17.0 Å². The summed E-state index contributed by atoms with van der Waals surface area (Å²) in [6, 6.07) is 10.1. The topological polar surface area (TPSA) is 53.1 Å². The molecule has 0 saturated carbocycles. The Morgan fingerprint density at radius 1 is 1.17 bits per heavy atom. The third-order valence-electron chi connectivity index (χ3n) is 4.95. The van der Waals surface area contributed by atoms with Crippen LogP contribution in [0.15, 0.2) is 54.0 Å². The van der Waals surface area contributed by atoms with E-state index in [2.05, 4.69) is 0 Å². The van der Waals surface area contributed by atoms with Crippen LogP contribution in [-0.2, 0) is 14.3 Å². The highest BCUT2D eigenvalue weighted by Gasteiger charge is 2.41. The second-order valence-electron chi connectivity index (χ2n) is 6.61. The van der Waals surface area contributed by atoms with Gasteiger partial charge in [-0.1, -0.05) is 12.1 Å². The van der Waals surface area contributed by atoms with Crippen molar-refractivity contribution in [2.75, 3.05) is 34.6 Å². The maximum Gasteiger partial charge on any atom is 0.219 e. The molecule has 2 aliphatic heterocycles. The number of halogens is 2. The number of hydrogen-bond acceptors (Lipinski definition) is 5. The predicted molar refractivity (Wildman–Crippen MR) is 104 cm³/mol. The number of nitrogens with zero attached hydrogens (tertiary/aromatic N) is 3. The monoisotopic (exact) mass is 399 g/mol. The van der Waals surface area contributed by atoms with E-state index in [4.69, 9.17) is 4.74 Å². The van der Waals surface area contributed by atoms with Crippen molar-refractivity contribution in [3.63, 3.8) is 0 Å². The lowest BCUT2D eigenvalue weighted by molar-refractivity contribution is -0.117. The molecule has 2 aliphatic rings. The summed E-state index contributed by atoms with van der Waals surface area (Å²) in [5, 5.41) is 0. The van der Waals surface area contributed by atoms with Crippen LogP contribution in [0.25, 0.3) is 0 Å². The third-order valence-corrected chi connectivity index (χ3v) is 4.95. The molecule has 0 saturated heterocycles. The molecular weight excluding hydrogens is 380 g/mol. The quantitative estimate of drug-likeness (QED) is 0.697. The number of carbonyl (C=O) groups is 2. The Balaban J connectivity index is 1.93. The van der Waals surface area contributed by atoms with Gasteiger partial charge in [-0.25, -0.2) is 8.78 Å². The molecule has 4 rings (SSSR count). The van der Waals surface area contributed by atoms with Crippen molar-refractivity contribution >= 4 is 29.3 Å². The van der Waals surface area contributed by atoms with E-state index in [9.17, 15) is 18.4 Å². The van der Waals surface area contributed by atoms with Crippen molar-refractivity contribution < 1.29 is 23.1 Å². The number of benzene rings is 2. The van der Waals surface area contributed by atoms with Crippen molar-refractivity contribution in [3.05, 3.63) is 65.6 Å². The fourth-order valence-corrected chi connectivity index (χ4v) is 3.69. The Hall–Kier alpha value is -3.26.